The Balaban J connectivity index is 1.22. The first-order valence-corrected chi connectivity index (χ1v) is 15.8. The lowest BCUT2D eigenvalue weighted by atomic mass is 9.93. The van der Waals surface area contributed by atoms with E-state index < -0.39 is 6.03 Å². The summed E-state index contributed by atoms with van der Waals surface area (Å²) in [6, 6.07) is 28.0. The Labute approximate surface area is 274 Å². The number of nitrogens with one attached hydrogen (secondary N) is 3. The zero-order valence-electron chi connectivity index (χ0n) is 26.7. The minimum Gasteiger partial charge on any atom is -0.494 e. The molecule has 1 aromatic heterocycles. The molecule has 2 heterocycles. The number of hydrogen-bond acceptors (Lipinski definition) is 7. The zero-order chi connectivity index (χ0) is 32.8. The summed E-state index contributed by atoms with van der Waals surface area (Å²) in [4.78, 5) is 31.3. The van der Waals surface area contributed by atoms with Crippen molar-refractivity contribution >= 4 is 45.5 Å². The van der Waals surface area contributed by atoms with Gasteiger partial charge in [-0.3, -0.25) is 4.79 Å². The average molecular weight is 631 g/mol. The molecule has 1 saturated heterocycles. The lowest BCUT2D eigenvalue weighted by Gasteiger charge is -2.19. The van der Waals surface area contributed by atoms with Crippen LogP contribution >= 0.6 is 0 Å². The number of methoxy groups -OCH3 is 1. The van der Waals surface area contributed by atoms with E-state index in [1.165, 1.54) is 7.11 Å². The maximum atomic E-state index is 13.5. The quantitative estimate of drug-likeness (QED) is 0.125. The lowest BCUT2D eigenvalue weighted by Crippen LogP contribution is -2.21. The number of benzene rings is 4. The number of aromatic nitrogens is 1. The van der Waals surface area contributed by atoms with E-state index in [9.17, 15) is 9.59 Å². The van der Waals surface area contributed by atoms with Gasteiger partial charge < -0.3 is 30.2 Å². The van der Waals surface area contributed by atoms with Gasteiger partial charge >= 0.3 is 6.03 Å². The number of para-hydroxylation sites is 1. The summed E-state index contributed by atoms with van der Waals surface area (Å²) in [6.45, 7) is 5.35. The molecule has 2 amide bonds. The molecule has 6 rings (SSSR count). The van der Waals surface area contributed by atoms with Crippen LogP contribution in [-0.2, 0) is 4.74 Å². The van der Waals surface area contributed by atoms with E-state index in [-0.39, 0.29) is 17.6 Å². The molecule has 0 saturated carbocycles. The van der Waals surface area contributed by atoms with Crippen LogP contribution in [0.5, 0.6) is 17.2 Å². The predicted octanol–water partition coefficient (Wildman–Crippen LogP) is 9.16. The highest BCUT2D eigenvalue weighted by Crippen LogP contribution is 2.37. The monoisotopic (exact) mass is 630 g/mol. The van der Waals surface area contributed by atoms with Crippen molar-refractivity contribution in [1.29, 1.82) is 0 Å². The van der Waals surface area contributed by atoms with Crippen LogP contribution in [0.2, 0.25) is 0 Å². The van der Waals surface area contributed by atoms with Gasteiger partial charge in [0.05, 0.1) is 24.0 Å². The molecule has 1 fully saturated rings. The molecule has 1 aliphatic rings. The maximum Gasteiger partial charge on any atom is 0.323 e. The Morgan fingerprint density at radius 2 is 1.68 bits per heavy atom. The molecule has 240 valence electrons. The summed E-state index contributed by atoms with van der Waals surface area (Å²) in [5, 5.41) is 10.8. The standard InChI is InChI=1S/C38H38N4O5/c1-24(2)26-20-31(34(43)19-25-16-18-46-23-25)37(45-3)33(21-26)42-38(44)41-32-13-14-35(30-12-8-7-11-29(30)32)47-28-15-17-39-36(22-28)40-27-9-5-4-6-10-27/h4-15,17,20-22,24-25H,16,18-19,23H2,1-3H3,(H,39,40)(H2,41,42,44)/t25-/m0/s1. The first-order valence-electron chi connectivity index (χ1n) is 15.8. The molecule has 0 spiro atoms. The van der Waals surface area contributed by atoms with Crippen LogP contribution in [0.15, 0.2) is 97.2 Å². The topological polar surface area (TPSA) is 111 Å². The number of amides is 2. The molecule has 0 radical (unpaired) electrons. The van der Waals surface area contributed by atoms with Crippen molar-refractivity contribution in [3.05, 3.63) is 108 Å². The molecule has 0 aliphatic carbocycles. The number of nitrogens with zero attached hydrogens (tertiary/aromatic N) is 1. The van der Waals surface area contributed by atoms with Gasteiger partial charge in [0.25, 0.3) is 0 Å². The van der Waals surface area contributed by atoms with Crippen LogP contribution < -0.4 is 25.4 Å². The van der Waals surface area contributed by atoms with Crippen LogP contribution in [-0.4, -0.2) is 37.1 Å². The molecule has 0 unspecified atom stereocenters. The Kier molecular flexibility index (Phi) is 9.64. The lowest BCUT2D eigenvalue weighted by molar-refractivity contribution is 0.0949. The molecule has 5 aromatic rings. The van der Waals surface area contributed by atoms with Crippen molar-refractivity contribution in [2.75, 3.05) is 36.3 Å². The summed E-state index contributed by atoms with van der Waals surface area (Å²) < 4.78 is 17.5. The van der Waals surface area contributed by atoms with Crippen LogP contribution in [0.1, 0.15) is 48.5 Å². The van der Waals surface area contributed by atoms with Crippen molar-refractivity contribution in [1.82, 2.24) is 4.98 Å². The fourth-order valence-electron chi connectivity index (χ4n) is 5.71. The van der Waals surface area contributed by atoms with Gasteiger partial charge in [0.2, 0.25) is 0 Å². The van der Waals surface area contributed by atoms with E-state index in [4.69, 9.17) is 14.2 Å². The number of ether oxygens (including phenoxy) is 3. The summed E-state index contributed by atoms with van der Waals surface area (Å²) in [6.07, 6.45) is 2.92. The van der Waals surface area contributed by atoms with Gasteiger partial charge in [0.1, 0.15) is 17.3 Å². The Bertz CT molecular complexity index is 1890. The number of rotatable bonds is 11. The SMILES string of the molecule is COc1c(NC(=O)Nc2ccc(Oc3ccnc(Nc4ccccc4)c3)c3ccccc23)cc(C(C)C)cc1C(=O)C[C@@H]1CCOC1. The number of pyridine rings is 1. The number of hydrogen-bond donors (Lipinski definition) is 3. The zero-order valence-corrected chi connectivity index (χ0v) is 26.7. The second-order valence-corrected chi connectivity index (χ2v) is 11.9. The third-order valence-electron chi connectivity index (χ3n) is 8.17. The normalized spacial score (nSPS) is 14.2. The van der Waals surface area contributed by atoms with Gasteiger partial charge in [-0.25, -0.2) is 9.78 Å². The maximum absolute atomic E-state index is 13.5. The minimum atomic E-state index is -0.462. The number of fused-ring (bicyclic) bond motifs is 1. The molecular weight excluding hydrogens is 592 g/mol. The molecule has 9 heteroatoms. The van der Waals surface area contributed by atoms with Crippen LogP contribution in [0, 0.1) is 5.92 Å². The smallest absolute Gasteiger partial charge is 0.323 e. The molecule has 47 heavy (non-hydrogen) atoms. The van der Waals surface area contributed by atoms with E-state index in [2.05, 4.69) is 20.9 Å². The van der Waals surface area contributed by atoms with E-state index >= 15 is 0 Å². The minimum absolute atomic E-state index is 0.0259. The Morgan fingerprint density at radius 3 is 2.43 bits per heavy atom. The highest BCUT2D eigenvalue weighted by atomic mass is 16.5. The first-order chi connectivity index (χ1) is 22.9. The molecule has 0 bridgehead atoms. The van der Waals surface area contributed by atoms with E-state index in [1.54, 1.807) is 12.3 Å². The number of ketones is 1. The summed E-state index contributed by atoms with van der Waals surface area (Å²) >= 11 is 0. The largest absolute Gasteiger partial charge is 0.494 e. The van der Waals surface area contributed by atoms with Gasteiger partial charge in [0.15, 0.2) is 11.5 Å². The number of Topliss-reactive ketones (excluding diaryl/α,β-unsaturated/α-hetero) is 1. The van der Waals surface area contributed by atoms with Gasteiger partial charge in [-0.15, -0.1) is 0 Å². The molecule has 1 aliphatic heterocycles. The summed E-state index contributed by atoms with van der Waals surface area (Å²) in [5.41, 5.74) is 3.35. The molecule has 4 aromatic carbocycles. The van der Waals surface area contributed by atoms with E-state index in [1.807, 2.05) is 98.8 Å². The van der Waals surface area contributed by atoms with Crippen molar-refractivity contribution in [2.45, 2.75) is 32.6 Å². The van der Waals surface area contributed by atoms with Crippen LogP contribution in [0.3, 0.4) is 0 Å². The van der Waals surface area contributed by atoms with Gasteiger partial charge in [-0.05, 0) is 66.3 Å². The van der Waals surface area contributed by atoms with Crippen molar-refractivity contribution in [3.63, 3.8) is 0 Å². The van der Waals surface area contributed by atoms with Gasteiger partial charge in [-0.2, -0.15) is 0 Å². The second kappa shape index (κ2) is 14.3. The Hall–Kier alpha value is -5.41. The predicted molar refractivity (Wildman–Crippen MR) is 186 cm³/mol. The second-order valence-electron chi connectivity index (χ2n) is 11.9. The highest BCUT2D eigenvalue weighted by Gasteiger charge is 2.25. The fourth-order valence-corrected chi connectivity index (χ4v) is 5.71. The summed E-state index contributed by atoms with van der Waals surface area (Å²) in [7, 11) is 1.51. The molecule has 3 N–H and O–H groups in total. The molecular formula is C38H38N4O5. The van der Waals surface area contributed by atoms with Crippen LogP contribution in [0.4, 0.5) is 27.7 Å². The average Bonchev–Trinajstić information content (AvgIpc) is 3.59. The summed E-state index contributed by atoms with van der Waals surface area (Å²) in [5.74, 6) is 2.54. The number of anilines is 4. The molecule has 9 nitrogen and oxygen atoms in total. The Morgan fingerprint density at radius 1 is 0.915 bits per heavy atom. The van der Waals surface area contributed by atoms with E-state index in [0.717, 1.165) is 28.4 Å². The highest BCUT2D eigenvalue weighted by molar-refractivity contribution is 6.09. The van der Waals surface area contributed by atoms with Crippen molar-refractivity contribution < 1.29 is 23.8 Å². The van der Waals surface area contributed by atoms with Crippen LogP contribution in [0.25, 0.3) is 10.8 Å². The van der Waals surface area contributed by atoms with Gasteiger partial charge in [-0.1, -0.05) is 56.3 Å². The van der Waals surface area contributed by atoms with Gasteiger partial charge in [0, 0.05) is 48.4 Å². The van der Waals surface area contributed by atoms with E-state index in [0.29, 0.717) is 59.6 Å². The fraction of sp³-hybridized carbons (Fsp3) is 0.237. The van der Waals surface area contributed by atoms with Crippen molar-refractivity contribution in [3.8, 4) is 17.2 Å². The molecule has 1 atom stereocenters. The number of carbonyl (C=O) groups excluding carboxylic acids is 2. The number of urea groups is 1. The first kappa shape index (κ1) is 31.6. The number of carbonyl (C=O) groups is 2. The third kappa shape index (κ3) is 7.53. The third-order valence-corrected chi connectivity index (χ3v) is 8.17. The van der Waals surface area contributed by atoms with Crippen molar-refractivity contribution in [2.24, 2.45) is 5.92 Å².